The summed E-state index contributed by atoms with van der Waals surface area (Å²) in [6.07, 6.45) is 3.66. The number of aliphatic hydroxyl groups is 1. The molecule has 1 aliphatic carbocycles. The molecule has 0 amide bonds. The van der Waals surface area contributed by atoms with Crippen LogP contribution in [-0.2, 0) is 12.8 Å². The van der Waals surface area contributed by atoms with Crippen LogP contribution in [0.2, 0.25) is 0 Å². The van der Waals surface area contributed by atoms with Gasteiger partial charge in [-0.3, -0.25) is 0 Å². The normalized spacial score (nSPS) is 24.0. The van der Waals surface area contributed by atoms with Crippen LogP contribution in [0.25, 0.3) is 0 Å². The Morgan fingerprint density at radius 3 is 2.86 bits per heavy atom. The van der Waals surface area contributed by atoms with E-state index in [2.05, 4.69) is 30.9 Å². The standard InChI is InChI=1S/C23H25ClO3S/c1-2-15-5-3-6-16(13-15)9-11-19-18(20(24)14-21(19)25)8-4-7-17-10-12-22(28-17)23(26)27/h3,5-6,10,12-13,18-21,25H,2,4,7-8,14H2,1H3,(H,26,27)/t18?,19-,20-,21?/m1/s1. The van der Waals surface area contributed by atoms with Crippen molar-refractivity contribution in [2.24, 2.45) is 11.8 Å². The Morgan fingerprint density at radius 1 is 1.32 bits per heavy atom. The second-order valence-corrected chi connectivity index (χ2v) is 9.02. The van der Waals surface area contributed by atoms with Gasteiger partial charge in [-0.05, 0) is 67.9 Å². The second kappa shape index (κ2) is 9.60. The highest BCUT2D eigenvalue weighted by molar-refractivity contribution is 7.13. The van der Waals surface area contributed by atoms with E-state index < -0.39 is 12.1 Å². The molecule has 1 aromatic carbocycles. The number of aromatic carboxylic acids is 1. The number of carboxylic acid groups (broad SMARTS) is 1. The Labute approximate surface area is 175 Å². The van der Waals surface area contributed by atoms with Crippen molar-refractivity contribution in [2.75, 3.05) is 0 Å². The summed E-state index contributed by atoms with van der Waals surface area (Å²) in [5, 5.41) is 19.4. The summed E-state index contributed by atoms with van der Waals surface area (Å²) in [6.45, 7) is 2.12. The minimum absolute atomic E-state index is 0.0748. The van der Waals surface area contributed by atoms with Crippen LogP contribution < -0.4 is 0 Å². The number of hydrogen-bond acceptors (Lipinski definition) is 3. The van der Waals surface area contributed by atoms with Gasteiger partial charge in [0.1, 0.15) is 4.88 Å². The molecule has 1 aliphatic rings. The first-order valence-electron chi connectivity index (χ1n) is 9.72. The van der Waals surface area contributed by atoms with Gasteiger partial charge in [-0.25, -0.2) is 4.79 Å². The number of alkyl halides is 1. The second-order valence-electron chi connectivity index (χ2n) is 7.30. The van der Waals surface area contributed by atoms with Gasteiger partial charge in [-0.15, -0.1) is 22.9 Å². The fraction of sp³-hybridized carbons (Fsp3) is 0.435. The number of hydrogen-bond donors (Lipinski definition) is 2. The zero-order chi connectivity index (χ0) is 20.1. The lowest BCUT2D eigenvalue weighted by atomic mass is 9.90. The molecule has 28 heavy (non-hydrogen) atoms. The quantitative estimate of drug-likeness (QED) is 0.515. The summed E-state index contributed by atoms with van der Waals surface area (Å²) in [6, 6.07) is 11.7. The predicted octanol–water partition coefficient (Wildman–Crippen LogP) is 4.99. The van der Waals surface area contributed by atoms with Crippen LogP contribution in [0.5, 0.6) is 0 Å². The summed E-state index contributed by atoms with van der Waals surface area (Å²) in [7, 11) is 0. The van der Waals surface area contributed by atoms with Crippen LogP contribution in [0.1, 0.15) is 51.9 Å². The van der Waals surface area contributed by atoms with Gasteiger partial charge in [0, 0.05) is 15.8 Å². The lowest BCUT2D eigenvalue weighted by Gasteiger charge is -2.18. The molecule has 3 rings (SSSR count). The molecule has 0 radical (unpaired) electrons. The van der Waals surface area contributed by atoms with Crippen molar-refractivity contribution in [2.45, 2.75) is 50.5 Å². The number of thiophene rings is 1. The van der Waals surface area contributed by atoms with Crippen molar-refractivity contribution in [3.63, 3.8) is 0 Å². The van der Waals surface area contributed by atoms with E-state index in [1.807, 2.05) is 18.2 Å². The Morgan fingerprint density at radius 2 is 2.14 bits per heavy atom. The fourth-order valence-corrected chi connectivity index (χ4v) is 5.15. The van der Waals surface area contributed by atoms with Crippen LogP contribution in [0.3, 0.4) is 0 Å². The summed E-state index contributed by atoms with van der Waals surface area (Å²) < 4.78 is 0. The molecule has 1 aromatic heterocycles. The predicted molar refractivity (Wildman–Crippen MR) is 114 cm³/mol. The van der Waals surface area contributed by atoms with Gasteiger partial charge in [0.25, 0.3) is 0 Å². The van der Waals surface area contributed by atoms with Crippen molar-refractivity contribution in [3.05, 3.63) is 57.3 Å². The van der Waals surface area contributed by atoms with Crippen LogP contribution in [0, 0.1) is 23.7 Å². The van der Waals surface area contributed by atoms with E-state index in [-0.39, 0.29) is 17.2 Å². The Hall–Kier alpha value is -1.80. The molecule has 0 saturated heterocycles. The monoisotopic (exact) mass is 416 g/mol. The summed E-state index contributed by atoms with van der Waals surface area (Å²) in [5.74, 6) is 5.68. The summed E-state index contributed by atoms with van der Waals surface area (Å²) in [4.78, 5) is 12.4. The van der Waals surface area contributed by atoms with E-state index in [1.54, 1.807) is 6.07 Å². The minimum Gasteiger partial charge on any atom is -0.477 e. The van der Waals surface area contributed by atoms with Gasteiger partial charge in [0.05, 0.1) is 12.0 Å². The number of rotatable bonds is 6. The van der Waals surface area contributed by atoms with Crippen molar-refractivity contribution in [1.82, 2.24) is 0 Å². The largest absolute Gasteiger partial charge is 0.477 e. The van der Waals surface area contributed by atoms with Gasteiger partial charge in [0.2, 0.25) is 0 Å². The highest BCUT2D eigenvalue weighted by atomic mass is 35.5. The summed E-state index contributed by atoms with van der Waals surface area (Å²) >= 11 is 7.85. The highest BCUT2D eigenvalue weighted by Gasteiger charge is 2.40. The van der Waals surface area contributed by atoms with Crippen molar-refractivity contribution >= 4 is 28.9 Å². The van der Waals surface area contributed by atoms with E-state index in [0.29, 0.717) is 11.3 Å². The molecular formula is C23H25ClO3S. The Kier molecular flexibility index (Phi) is 7.18. The maximum atomic E-state index is 11.0. The zero-order valence-electron chi connectivity index (χ0n) is 15.9. The average molecular weight is 417 g/mol. The van der Waals surface area contributed by atoms with Crippen LogP contribution >= 0.6 is 22.9 Å². The fourth-order valence-electron chi connectivity index (χ4n) is 3.80. The van der Waals surface area contributed by atoms with E-state index >= 15 is 0 Å². The molecule has 2 unspecified atom stereocenters. The number of benzene rings is 1. The lowest BCUT2D eigenvalue weighted by Crippen LogP contribution is -2.19. The Bertz CT molecular complexity index is 879. The van der Waals surface area contributed by atoms with Gasteiger partial charge < -0.3 is 10.2 Å². The first kappa shape index (κ1) is 20.9. The first-order chi connectivity index (χ1) is 13.5. The summed E-state index contributed by atoms with van der Waals surface area (Å²) in [5.41, 5.74) is 2.23. The number of carbonyl (C=O) groups is 1. The zero-order valence-corrected chi connectivity index (χ0v) is 17.5. The van der Waals surface area contributed by atoms with Crippen molar-refractivity contribution in [1.29, 1.82) is 0 Å². The van der Waals surface area contributed by atoms with Gasteiger partial charge >= 0.3 is 5.97 Å². The molecule has 0 spiro atoms. The van der Waals surface area contributed by atoms with Crippen molar-refractivity contribution in [3.8, 4) is 11.8 Å². The molecule has 2 aromatic rings. The minimum atomic E-state index is -0.876. The first-order valence-corrected chi connectivity index (χ1v) is 11.0. The van der Waals surface area contributed by atoms with Gasteiger partial charge in [-0.1, -0.05) is 30.9 Å². The van der Waals surface area contributed by atoms with E-state index in [1.165, 1.54) is 16.9 Å². The molecule has 0 bridgehead atoms. The highest BCUT2D eigenvalue weighted by Crippen LogP contribution is 2.39. The molecule has 5 heteroatoms. The number of aliphatic hydroxyl groups excluding tert-OH is 1. The van der Waals surface area contributed by atoms with Crippen molar-refractivity contribution < 1.29 is 15.0 Å². The number of halogens is 1. The maximum absolute atomic E-state index is 11.0. The number of carboxylic acids is 1. The molecule has 0 aliphatic heterocycles. The molecule has 3 nitrogen and oxygen atoms in total. The van der Waals surface area contributed by atoms with Crippen LogP contribution in [0.4, 0.5) is 0 Å². The molecule has 1 fully saturated rings. The smallest absolute Gasteiger partial charge is 0.345 e. The number of aryl methyl sites for hydroxylation is 2. The molecule has 148 valence electrons. The average Bonchev–Trinajstić information content (AvgIpc) is 3.25. The van der Waals surface area contributed by atoms with Gasteiger partial charge in [0.15, 0.2) is 0 Å². The van der Waals surface area contributed by atoms with E-state index in [9.17, 15) is 9.90 Å². The molecule has 4 atom stereocenters. The van der Waals surface area contributed by atoms with E-state index in [4.69, 9.17) is 16.7 Å². The third-order valence-corrected chi connectivity index (χ3v) is 6.99. The third-order valence-electron chi connectivity index (χ3n) is 5.36. The molecule has 1 saturated carbocycles. The van der Waals surface area contributed by atoms with E-state index in [0.717, 1.165) is 36.1 Å². The van der Waals surface area contributed by atoms with Crippen LogP contribution in [-0.4, -0.2) is 27.7 Å². The SMILES string of the molecule is CCc1cccc(C#C[C@H]2C(O)C[C@@H](Cl)C2CCCc2ccc(C(=O)O)s2)c1. The van der Waals surface area contributed by atoms with Gasteiger partial charge in [-0.2, -0.15) is 0 Å². The molecule has 1 heterocycles. The van der Waals surface area contributed by atoms with Crippen LogP contribution in [0.15, 0.2) is 36.4 Å². The maximum Gasteiger partial charge on any atom is 0.345 e. The molecule has 2 N–H and O–H groups in total. The molecular weight excluding hydrogens is 392 g/mol. The lowest BCUT2D eigenvalue weighted by molar-refractivity contribution is 0.0702. The Balaban J connectivity index is 1.63. The third kappa shape index (κ3) is 5.17. The topological polar surface area (TPSA) is 57.5 Å².